The summed E-state index contributed by atoms with van der Waals surface area (Å²) in [7, 11) is 0. The molecule has 0 aromatic heterocycles. The molecule has 0 spiro atoms. The number of amides is 1. The van der Waals surface area contributed by atoms with Gasteiger partial charge in [0.25, 0.3) is 0 Å². The lowest BCUT2D eigenvalue weighted by Crippen LogP contribution is -2.33. The third-order valence-electron chi connectivity index (χ3n) is 1.89. The second kappa shape index (κ2) is 4.33. The summed E-state index contributed by atoms with van der Waals surface area (Å²) in [6, 6.07) is 0. The molecule has 3 nitrogen and oxygen atoms in total. The zero-order chi connectivity index (χ0) is 8.97. The molecule has 0 atom stereocenters. The molecule has 70 valence electrons. The molecule has 0 aliphatic carbocycles. The van der Waals surface area contributed by atoms with Gasteiger partial charge in [-0.25, -0.2) is 4.79 Å². The molecule has 0 aromatic carbocycles. The van der Waals surface area contributed by atoms with Crippen LogP contribution in [0.25, 0.3) is 0 Å². The number of carbonyl (C=O) groups excluding carboxylic acids is 1. The van der Waals surface area contributed by atoms with E-state index in [9.17, 15) is 4.79 Å². The summed E-state index contributed by atoms with van der Waals surface area (Å²) >= 11 is 0. The Morgan fingerprint density at radius 3 is 2.92 bits per heavy atom. The van der Waals surface area contributed by atoms with Crippen LogP contribution in [0.15, 0.2) is 0 Å². The highest BCUT2D eigenvalue weighted by atomic mass is 16.6. The van der Waals surface area contributed by atoms with Crippen molar-refractivity contribution >= 4 is 6.09 Å². The largest absolute Gasteiger partial charge is 0.449 e. The van der Waals surface area contributed by atoms with E-state index in [1.165, 1.54) is 0 Å². The maximum atomic E-state index is 11.3. The van der Waals surface area contributed by atoms with Gasteiger partial charge in [0.05, 0.1) is 6.61 Å². The average molecular weight is 171 g/mol. The number of hydrogen-bond donors (Lipinski definition) is 0. The molecule has 1 fully saturated rings. The number of nitrogens with zero attached hydrogens (tertiary/aromatic N) is 1. The predicted molar refractivity (Wildman–Crippen MR) is 47.0 cm³/mol. The third-order valence-corrected chi connectivity index (χ3v) is 1.89. The highest BCUT2D eigenvalue weighted by Gasteiger charge is 2.18. The lowest BCUT2D eigenvalue weighted by molar-refractivity contribution is 0.112. The molecule has 0 radical (unpaired) electrons. The minimum absolute atomic E-state index is 0.138. The van der Waals surface area contributed by atoms with Crippen LogP contribution in [0.4, 0.5) is 4.79 Å². The van der Waals surface area contributed by atoms with Crippen LogP contribution in [-0.4, -0.2) is 30.7 Å². The SMILES string of the molecule is CC(C)CN1CCCCOC1=O. The number of rotatable bonds is 2. The van der Waals surface area contributed by atoms with E-state index in [1.807, 2.05) is 0 Å². The van der Waals surface area contributed by atoms with Gasteiger partial charge in [0, 0.05) is 13.1 Å². The van der Waals surface area contributed by atoms with Crippen molar-refractivity contribution in [2.24, 2.45) is 5.92 Å². The summed E-state index contributed by atoms with van der Waals surface area (Å²) in [6.07, 6.45) is 1.93. The predicted octanol–water partition coefficient (Wildman–Crippen LogP) is 1.87. The number of cyclic esters (lactones) is 1. The maximum absolute atomic E-state index is 11.3. The average Bonchev–Trinajstić information content (AvgIpc) is 2.16. The van der Waals surface area contributed by atoms with E-state index in [0.29, 0.717) is 12.5 Å². The minimum Gasteiger partial charge on any atom is -0.449 e. The van der Waals surface area contributed by atoms with Crippen LogP contribution in [-0.2, 0) is 4.74 Å². The lowest BCUT2D eigenvalue weighted by Gasteiger charge is -2.20. The highest BCUT2D eigenvalue weighted by Crippen LogP contribution is 2.08. The molecule has 3 heteroatoms. The summed E-state index contributed by atoms with van der Waals surface area (Å²) in [6.45, 7) is 6.49. The van der Waals surface area contributed by atoms with Crippen molar-refractivity contribution in [3.63, 3.8) is 0 Å². The standard InChI is InChI=1S/C9H17NO2/c1-8(2)7-10-5-3-4-6-12-9(10)11/h8H,3-7H2,1-2H3. The van der Waals surface area contributed by atoms with Gasteiger partial charge >= 0.3 is 6.09 Å². The van der Waals surface area contributed by atoms with Crippen molar-refractivity contribution < 1.29 is 9.53 Å². The molecular formula is C9H17NO2. The summed E-state index contributed by atoms with van der Waals surface area (Å²) in [5.41, 5.74) is 0. The Kier molecular flexibility index (Phi) is 3.38. The molecule has 1 aliphatic heterocycles. The molecule has 0 aromatic rings. The molecule has 1 aliphatic rings. The van der Waals surface area contributed by atoms with E-state index < -0.39 is 0 Å². The van der Waals surface area contributed by atoms with Gasteiger partial charge in [-0.3, -0.25) is 0 Å². The van der Waals surface area contributed by atoms with Gasteiger partial charge in [-0.1, -0.05) is 13.8 Å². The highest BCUT2D eigenvalue weighted by molar-refractivity contribution is 5.67. The molecule has 0 saturated carbocycles. The molecule has 0 N–H and O–H groups in total. The first-order valence-electron chi connectivity index (χ1n) is 4.62. The molecule has 1 saturated heterocycles. The van der Waals surface area contributed by atoms with Crippen molar-refractivity contribution in [2.75, 3.05) is 19.7 Å². The van der Waals surface area contributed by atoms with Gasteiger partial charge in [-0.05, 0) is 18.8 Å². The van der Waals surface area contributed by atoms with E-state index in [1.54, 1.807) is 4.90 Å². The normalized spacial score (nSPS) is 19.2. The van der Waals surface area contributed by atoms with Gasteiger partial charge in [-0.15, -0.1) is 0 Å². The summed E-state index contributed by atoms with van der Waals surface area (Å²) in [5.74, 6) is 0.524. The number of carbonyl (C=O) groups is 1. The Hall–Kier alpha value is -0.730. The smallest absolute Gasteiger partial charge is 0.409 e. The Morgan fingerprint density at radius 1 is 1.50 bits per heavy atom. The van der Waals surface area contributed by atoms with Crippen LogP contribution in [0.1, 0.15) is 26.7 Å². The van der Waals surface area contributed by atoms with Crippen molar-refractivity contribution in [1.82, 2.24) is 4.90 Å². The Labute approximate surface area is 73.7 Å². The molecule has 1 heterocycles. The second-order valence-electron chi connectivity index (χ2n) is 3.66. The van der Waals surface area contributed by atoms with E-state index in [2.05, 4.69) is 13.8 Å². The van der Waals surface area contributed by atoms with Crippen LogP contribution in [0.5, 0.6) is 0 Å². The van der Waals surface area contributed by atoms with Crippen LogP contribution in [0.3, 0.4) is 0 Å². The number of ether oxygens (including phenoxy) is 1. The van der Waals surface area contributed by atoms with Crippen LogP contribution in [0.2, 0.25) is 0 Å². The Morgan fingerprint density at radius 2 is 2.25 bits per heavy atom. The quantitative estimate of drug-likeness (QED) is 0.634. The van der Waals surface area contributed by atoms with E-state index >= 15 is 0 Å². The summed E-state index contributed by atoms with van der Waals surface area (Å²) in [4.78, 5) is 13.1. The fourth-order valence-electron chi connectivity index (χ4n) is 1.35. The summed E-state index contributed by atoms with van der Waals surface area (Å²) < 4.78 is 5.00. The first-order chi connectivity index (χ1) is 5.70. The van der Waals surface area contributed by atoms with Gasteiger partial charge < -0.3 is 9.64 Å². The van der Waals surface area contributed by atoms with Crippen molar-refractivity contribution in [3.05, 3.63) is 0 Å². The van der Waals surface area contributed by atoms with Crippen molar-refractivity contribution in [3.8, 4) is 0 Å². The molecule has 0 bridgehead atoms. The number of hydrogen-bond acceptors (Lipinski definition) is 2. The first-order valence-corrected chi connectivity index (χ1v) is 4.62. The van der Waals surface area contributed by atoms with E-state index in [4.69, 9.17) is 4.74 Å². The van der Waals surface area contributed by atoms with Crippen LogP contribution < -0.4 is 0 Å². The van der Waals surface area contributed by atoms with Gasteiger partial charge in [0.1, 0.15) is 0 Å². The van der Waals surface area contributed by atoms with Gasteiger partial charge in [0.2, 0.25) is 0 Å². The maximum Gasteiger partial charge on any atom is 0.409 e. The topological polar surface area (TPSA) is 29.5 Å². The first kappa shape index (κ1) is 9.36. The molecule has 1 rings (SSSR count). The molecule has 0 unspecified atom stereocenters. The Bertz CT molecular complexity index is 157. The fraction of sp³-hybridized carbons (Fsp3) is 0.889. The summed E-state index contributed by atoms with van der Waals surface area (Å²) in [5, 5.41) is 0. The van der Waals surface area contributed by atoms with E-state index in [0.717, 1.165) is 25.9 Å². The lowest BCUT2D eigenvalue weighted by atomic mass is 10.2. The van der Waals surface area contributed by atoms with Crippen LogP contribution in [0, 0.1) is 5.92 Å². The fourth-order valence-corrected chi connectivity index (χ4v) is 1.35. The van der Waals surface area contributed by atoms with Crippen molar-refractivity contribution in [1.29, 1.82) is 0 Å². The molecule has 1 amide bonds. The third kappa shape index (κ3) is 2.72. The second-order valence-corrected chi connectivity index (χ2v) is 3.66. The van der Waals surface area contributed by atoms with E-state index in [-0.39, 0.29) is 6.09 Å². The van der Waals surface area contributed by atoms with Gasteiger partial charge in [0.15, 0.2) is 0 Å². The zero-order valence-corrected chi connectivity index (χ0v) is 7.88. The minimum atomic E-state index is -0.138. The zero-order valence-electron chi connectivity index (χ0n) is 7.88. The molecular weight excluding hydrogens is 154 g/mol. The van der Waals surface area contributed by atoms with Crippen molar-refractivity contribution in [2.45, 2.75) is 26.7 Å². The Balaban J connectivity index is 2.42. The van der Waals surface area contributed by atoms with Gasteiger partial charge in [-0.2, -0.15) is 0 Å². The molecule has 12 heavy (non-hydrogen) atoms. The van der Waals surface area contributed by atoms with Crippen LogP contribution >= 0.6 is 0 Å². The monoisotopic (exact) mass is 171 g/mol.